The standard InChI is InChI=1S/C19H24ClN5OS/c1-12-10-13(2)25(22-12)11-17(26)24(9-8-23(4)5)19-21-18-14(3)15(20)6-7-16(18)27-19/h6-7,10H,8-9,11H2,1-5H3. The van der Waals surface area contributed by atoms with E-state index in [-0.39, 0.29) is 12.5 Å². The Morgan fingerprint density at radius 3 is 2.59 bits per heavy atom. The van der Waals surface area contributed by atoms with Gasteiger partial charge in [-0.25, -0.2) is 4.98 Å². The minimum atomic E-state index is -0.0224. The fourth-order valence-electron chi connectivity index (χ4n) is 2.88. The molecule has 0 spiro atoms. The van der Waals surface area contributed by atoms with Gasteiger partial charge in [0.2, 0.25) is 0 Å². The first-order chi connectivity index (χ1) is 12.8. The molecular formula is C19H24ClN5OS. The van der Waals surface area contributed by atoms with E-state index in [9.17, 15) is 4.79 Å². The number of carbonyl (C=O) groups excluding carboxylic acids is 1. The fraction of sp³-hybridized carbons (Fsp3) is 0.421. The zero-order chi connectivity index (χ0) is 19.7. The van der Waals surface area contributed by atoms with E-state index in [0.29, 0.717) is 16.7 Å². The highest BCUT2D eigenvalue weighted by Gasteiger charge is 2.22. The summed E-state index contributed by atoms with van der Waals surface area (Å²) in [7, 11) is 3.98. The number of amides is 1. The van der Waals surface area contributed by atoms with E-state index in [0.717, 1.165) is 33.7 Å². The summed E-state index contributed by atoms with van der Waals surface area (Å²) in [6, 6.07) is 5.81. The van der Waals surface area contributed by atoms with Gasteiger partial charge < -0.3 is 4.90 Å². The predicted octanol–water partition coefficient (Wildman–Crippen LogP) is 3.67. The van der Waals surface area contributed by atoms with Gasteiger partial charge in [0.1, 0.15) is 6.54 Å². The molecule has 0 atom stereocenters. The number of rotatable bonds is 6. The first kappa shape index (κ1) is 19.8. The third kappa shape index (κ3) is 4.31. The Hall–Kier alpha value is -1.96. The second-order valence-corrected chi connectivity index (χ2v) is 8.37. The lowest BCUT2D eigenvalue weighted by Gasteiger charge is -2.22. The lowest BCUT2D eigenvalue weighted by atomic mass is 10.2. The van der Waals surface area contributed by atoms with Gasteiger partial charge in [0.05, 0.1) is 15.9 Å². The number of nitrogens with zero attached hydrogens (tertiary/aromatic N) is 5. The lowest BCUT2D eigenvalue weighted by Crippen LogP contribution is -2.39. The summed E-state index contributed by atoms with van der Waals surface area (Å²) in [5.41, 5.74) is 3.68. The molecule has 0 unspecified atom stereocenters. The Balaban J connectivity index is 1.94. The first-order valence-electron chi connectivity index (χ1n) is 8.78. The van der Waals surface area contributed by atoms with Gasteiger partial charge in [0.25, 0.3) is 5.91 Å². The molecule has 8 heteroatoms. The van der Waals surface area contributed by atoms with E-state index in [4.69, 9.17) is 16.6 Å². The number of anilines is 1. The van der Waals surface area contributed by atoms with Gasteiger partial charge in [0, 0.05) is 23.8 Å². The zero-order valence-electron chi connectivity index (χ0n) is 16.3. The van der Waals surface area contributed by atoms with Crippen molar-refractivity contribution in [1.29, 1.82) is 0 Å². The number of aromatic nitrogens is 3. The average molecular weight is 406 g/mol. The molecule has 1 aromatic carbocycles. The van der Waals surface area contributed by atoms with Gasteiger partial charge in [-0.1, -0.05) is 22.9 Å². The number of aryl methyl sites for hydroxylation is 3. The number of benzene rings is 1. The molecule has 0 aliphatic carbocycles. The molecule has 0 bridgehead atoms. The van der Waals surface area contributed by atoms with Crippen molar-refractivity contribution in [2.24, 2.45) is 0 Å². The molecule has 27 heavy (non-hydrogen) atoms. The van der Waals surface area contributed by atoms with Crippen molar-refractivity contribution in [3.8, 4) is 0 Å². The Morgan fingerprint density at radius 1 is 1.22 bits per heavy atom. The largest absolute Gasteiger partial charge is 0.308 e. The number of hydrogen-bond donors (Lipinski definition) is 0. The summed E-state index contributed by atoms with van der Waals surface area (Å²) in [5.74, 6) is -0.0224. The molecule has 0 saturated carbocycles. The van der Waals surface area contributed by atoms with Crippen LogP contribution < -0.4 is 4.90 Å². The van der Waals surface area contributed by atoms with Crippen LogP contribution in [0, 0.1) is 20.8 Å². The van der Waals surface area contributed by atoms with Gasteiger partial charge in [-0.2, -0.15) is 5.10 Å². The van der Waals surface area contributed by atoms with Crippen molar-refractivity contribution in [2.75, 3.05) is 32.1 Å². The first-order valence-corrected chi connectivity index (χ1v) is 9.97. The summed E-state index contributed by atoms with van der Waals surface area (Å²) < 4.78 is 2.77. The van der Waals surface area contributed by atoms with Gasteiger partial charge in [-0.15, -0.1) is 0 Å². The number of likely N-dealkylation sites (N-methyl/N-ethyl adjacent to an activating group) is 1. The molecule has 3 rings (SSSR count). The third-order valence-corrected chi connectivity index (χ3v) is 5.88. The van der Waals surface area contributed by atoms with Crippen molar-refractivity contribution in [1.82, 2.24) is 19.7 Å². The Kier molecular flexibility index (Phi) is 5.83. The number of halogens is 1. The molecule has 2 aromatic heterocycles. The Morgan fingerprint density at radius 2 is 1.96 bits per heavy atom. The highest BCUT2D eigenvalue weighted by molar-refractivity contribution is 7.22. The number of carbonyl (C=O) groups is 1. The van der Waals surface area contributed by atoms with Crippen LogP contribution in [0.4, 0.5) is 5.13 Å². The minimum Gasteiger partial charge on any atom is -0.308 e. The molecule has 144 valence electrons. The van der Waals surface area contributed by atoms with E-state index in [1.54, 1.807) is 9.58 Å². The minimum absolute atomic E-state index is 0.0224. The molecular weight excluding hydrogens is 382 g/mol. The van der Waals surface area contributed by atoms with Crippen molar-refractivity contribution >= 4 is 44.2 Å². The fourth-order valence-corrected chi connectivity index (χ4v) is 4.10. The van der Waals surface area contributed by atoms with E-state index in [1.807, 2.05) is 53.1 Å². The highest BCUT2D eigenvalue weighted by atomic mass is 35.5. The predicted molar refractivity (Wildman–Crippen MR) is 112 cm³/mol. The van der Waals surface area contributed by atoms with Gasteiger partial charge >= 0.3 is 0 Å². The van der Waals surface area contributed by atoms with E-state index in [2.05, 4.69) is 10.00 Å². The van der Waals surface area contributed by atoms with E-state index in [1.165, 1.54) is 11.3 Å². The molecule has 0 saturated heterocycles. The van der Waals surface area contributed by atoms with Crippen LogP contribution in [0.15, 0.2) is 18.2 Å². The lowest BCUT2D eigenvalue weighted by molar-refractivity contribution is -0.119. The zero-order valence-corrected chi connectivity index (χ0v) is 17.9. The second kappa shape index (κ2) is 7.96. The van der Waals surface area contributed by atoms with Crippen LogP contribution in [0.25, 0.3) is 10.2 Å². The van der Waals surface area contributed by atoms with Gasteiger partial charge in [0.15, 0.2) is 5.13 Å². The van der Waals surface area contributed by atoms with Crippen LogP contribution in [-0.2, 0) is 11.3 Å². The molecule has 3 aromatic rings. The van der Waals surface area contributed by atoms with Crippen LogP contribution in [0.2, 0.25) is 5.02 Å². The molecule has 0 aliphatic heterocycles. The van der Waals surface area contributed by atoms with Gasteiger partial charge in [-0.3, -0.25) is 14.4 Å². The van der Waals surface area contributed by atoms with E-state index < -0.39 is 0 Å². The summed E-state index contributed by atoms with van der Waals surface area (Å²) in [4.78, 5) is 21.6. The van der Waals surface area contributed by atoms with Crippen LogP contribution in [0.1, 0.15) is 17.0 Å². The average Bonchev–Trinajstić information content (AvgIpc) is 3.15. The summed E-state index contributed by atoms with van der Waals surface area (Å²) in [5, 5.41) is 5.80. The summed E-state index contributed by atoms with van der Waals surface area (Å²) >= 11 is 7.75. The van der Waals surface area contributed by atoms with Crippen molar-refractivity contribution in [3.05, 3.63) is 40.2 Å². The van der Waals surface area contributed by atoms with Crippen molar-refractivity contribution in [3.63, 3.8) is 0 Å². The third-order valence-electron chi connectivity index (χ3n) is 4.43. The van der Waals surface area contributed by atoms with Gasteiger partial charge in [-0.05, 0) is 58.6 Å². The second-order valence-electron chi connectivity index (χ2n) is 6.95. The van der Waals surface area contributed by atoms with Crippen molar-refractivity contribution < 1.29 is 4.79 Å². The van der Waals surface area contributed by atoms with Crippen molar-refractivity contribution in [2.45, 2.75) is 27.3 Å². The summed E-state index contributed by atoms with van der Waals surface area (Å²) in [6.45, 7) is 7.35. The molecule has 0 fully saturated rings. The molecule has 6 nitrogen and oxygen atoms in total. The highest BCUT2D eigenvalue weighted by Crippen LogP contribution is 2.33. The maximum atomic E-state index is 13.1. The van der Waals surface area contributed by atoms with Crippen LogP contribution in [0.3, 0.4) is 0 Å². The number of fused-ring (bicyclic) bond motifs is 1. The SMILES string of the molecule is Cc1cc(C)n(CC(=O)N(CCN(C)C)c2nc3c(C)c(Cl)ccc3s2)n1. The molecule has 2 heterocycles. The number of hydrogen-bond acceptors (Lipinski definition) is 5. The topological polar surface area (TPSA) is 54.3 Å². The van der Waals surface area contributed by atoms with Crippen LogP contribution in [-0.4, -0.2) is 52.8 Å². The Bertz CT molecular complexity index is 978. The van der Waals surface area contributed by atoms with Crippen LogP contribution in [0.5, 0.6) is 0 Å². The Labute approximate surface area is 168 Å². The monoisotopic (exact) mass is 405 g/mol. The quantitative estimate of drug-likeness (QED) is 0.627. The number of thiazole rings is 1. The molecule has 0 radical (unpaired) electrons. The molecule has 0 aliphatic rings. The maximum Gasteiger partial charge on any atom is 0.250 e. The van der Waals surface area contributed by atoms with Crippen LogP contribution >= 0.6 is 22.9 Å². The maximum absolute atomic E-state index is 13.1. The van der Waals surface area contributed by atoms with E-state index >= 15 is 0 Å². The smallest absolute Gasteiger partial charge is 0.250 e. The molecule has 0 N–H and O–H groups in total. The summed E-state index contributed by atoms with van der Waals surface area (Å²) in [6.07, 6.45) is 0. The normalized spacial score (nSPS) is 11.5. The molecule has 1 amide bonds.